The van der Waals surface area contributed by atoms with Crippen LogP contribution in [-0.2, 0) is 6.54 Å². The second-order valence-electron chi connectivity index (χ2n) is 4.32. The van der Waals surface area contributed by atoms with Crippen molar-refractivity contribution in [3.8, 4) is 6.07 Å². The van der Waals surface area contributed by atoms with E-state index >= 15 is 0 Å². The largest absolute Gasteiger partial charge is 0.406 e. The molecule has 0 radical (unpaired) electrons. The van der Waals surface area contributed by atoms with Crippen LogP contribution in [0.2, 0.25) is 0 Å². The average Bonchev–Trinajstić information content (AvgIpc) is 2.93. The highest BCUT2D eigenvalue weighted by molar-refractivity contribution is 5.56. The molecule has 0 amide bonds. The lowest BCUT2D eigenvalue weighted by molar-refractivity contribution is -0.388. The minimum atomic E-state index is -0.441. The van der Waals surface area contributed by atoms with Crippen LogP contribution in [0.15, 0.2) is 0 Å². The fourth-order valence-corrected chi connectivity index (χ4v) is 2.33. The van der Waals surface area contributed by atoms with Gasteiger partial charge in [-0.25, -0.2) is 0 Å². The quantitative estimate of drug-likeness (QED) is 0.597. The molecule has 0 aliphatic carbocycles. The lowest BCUT2D eigenvalue weighted by atomic mass is 10.4. The van der Waals surface area contributed by atoms with Crippen molar-refractivity contribution in [1.82, 2.24) is 9.55 Å². The third-order valence-electron chi connectivity index (χ3n) is 3.14. The van der Waals surface area contributed by atoms with E-state index in [2.05, 4.69) is 11.1 Å². The standard InChI is InChI=1S/C11H15N5O2/c1-9-13-10(16(17)18)11(14-6-2-3-7-14)15(9)8-4-5-12/h2-4,6-8H2,1H3. The first-order valence-electron chi connectivity index (χ1n) is 5.98. The van der Waals surface area contributed by atoms with Crippen LogP contribution in [0.1, 0.15) is 25.1 Å². The Hall–Kier alpha value is -2.10. The van der Waals surface area contributed by atoms with E-state index in [1.54, 1.807) is 11.5 Å². The Morgan fingerprint density at radius 3 is 2.72 bits per heavy atom. The van der Waals surface area contributed by atoms with Gasteiger partial charge in [-0.05, 0) is 22.7 Å². The normalized spacial score (nSPS) is 14.8. The summed E-state index contributed by atoms with van der Waals surface area (Å²) in [6.07, 6.45) is 2.41. The topological polar surface area (TPSA) is 88.0 Å². The lowest BCUT2D eigenvalue weighted by Gasteiger charge is -2.18. The molecule has 0 saturated carbocycles. The van der Waals surface area contributed by atoms with Crippen molar-refractivity contribution in [2.75, 3.05) is 18.0 Å². The number of nitro groups is 1. The van der Waals surface area contributed by atoms with E-state index in [-0.39, 0.29) is 5.82 Å². The van der Waals surface area contributed by atoms with Crippen molar-refractivity contribution in [2.45, 2.75) is 32.7 Å². The Morgan fingerprint density at radius 2 is 2.17 bits per heavy atom. The lowest BCUT2D eigenvalue weighted by Crippen LogP contribution is -2.22. The Labute approximate surface area is 105 Å². The van der Waals surface area contributed by atoms with Crippen molar-refractivity contribution in [2.24, 2.45) is 0 Å². The Kier molecular flexibility index (Phi) is 3.46. The minimum Gasteiger partial charge on any atom is -0.358 e. The van der Waals surface area contributed by atoms with E-state index in [4.69, 9.17) is 5.26 Å². The number of hydrogen-bond acceptors (Lipinski definition) is 5. The molecule has 0 atom stereocenters. The van der Waals surface area contributed by atoms with Gasteiger partial charge < -0.3 is 15.0 Å². The van der Waals surface area contributed by atoms with Gasteiger partial charge in [-0.15, -0.1) is 0 Å². The SMILES string of the molecule is Cc1nc([N+](=O)[O-])c(N2CCCC2)n1CCC#N. The predicted octanol–water partition coefficient (Wildman–Crippen LogP) is 1.61. The van der Waals surface area contributed by atoms with Gasteiger partial charge in [0.15, 0.2) is 0 Å². The third-order valence-corrected chi connectivity index (χ3v) is 3.14. The van der Waals surface area contributed by atoms with Gasteiger partial charge in [-0.3, -0.25) is 4.57 Å². The van der Waals surface area contributed by atoms with E-state index in [9.17, 15) is 10.1 Å². The first kappa shape index (κ1) is 12.4. The second kappa shape index (κ2) is 5.04. The highest BCUT2D eigenvalue weighted by atomic mass is 16.6. The number of rotatable bonds is 4. The molecule has 1 aromatic rings. The summed E-state index contributed by atoms with van der Waals surface area (Å²) in [5, 5.41) is 19.7. The zero-order chi connectivity index (χ0) is 13.1. The maximum Gasteiger partial charge on any atom is 0.406 e. The maximum atomic E-state index is 11.1. The fraction of sp³-hybridized carbons (Fsp3) is 0.636. The molecule has 2 rings (SSSR count). The van der Waals surface area contributed by atoms with Crippen LogP contribution >= 0.6 is 0 Å². The molecule has 1 aliphatic rings. The van der Waals surface area contributed by atoms with Gasteiger partial charge in [0.05, 0.1) is 12.5 Å². The summed E-state index contributed by atoms with van der Waals surface area (Å²) < 4.78 is 1.78. The van der Waals surface area contributed by atoms with Crippen molar-refractivity contribution in [1.29, 1.82) is 5.26 Å². The molecule has 2 heterocycles. The zero-order valence-corrected chi connectivity index (χ0v) is 10.3. The summed E-state index contributed by atoms with van der Waals surface area (Å²) in [5.74, 6) is 1.07. The first-order valence-corrected chi connectivity index (χ1v) is 5.98. The summed E-state index contributed by atoms with van der Waals surface area (Å²) in [7, 11) is 0. The molecule has 0 unspecified atom stereocenters. The smallest absolute Gasteiger partial charge is 0.358 e. The van der Waals surface area contributed by atoms with Gasteiger partial charge in [0.2, 0.25) is 11.6 Å². The molecule has 96 valence electrons. The summed E-state index contributed by atoms with van der Waals surface area (Å²) in [6.45, 7) is 3.83. The van der Waals surface area contributed by atoms with Gasteiger partial charge in [0, 0.05) is 26.6 Å². The number of hydrogen-bond donors (Lipinski definition) is 0. The first-order chi connectivity index (χ1) is 8.65. The van der Waals surface area contributed by atoms with Crippen molar-refractivity contribution >= 4 is 11.6 Å². The fourth-order valence-electron chi connectivity index (χ4n) is 2.33. The van der Waals surface area contributed by atoms with Gasteiger partial charge in [-0.2, -0.15) is 5.26 Å². The van der Waals surface area contributed by atoms with Crippen LogP contribution in [0.25, 0.3) is 0 Å². The van der Waals surface area contributed by atoms with Crippen LogP contribution in [0.4, 0.5) is 11.6 Å². The predicted molar refractivity (Wildman–Crippen MR) is 65.3 cm³/mol. The molecule has 1 aliphatic heterocycles. The molecule has 0 bridgehead atoms. The number of aromatic nitrogens is 2. The number of imidazole rings is 1. The van der Waals surface area contributed by atoms with Gasteiger partial charge >= 0.3 is 5.82 Å². The molecule has 18 heavy (non-hydrogen) atoms. The van der Waals surface area contributed by atoms with Crippen LogP contribution < -0.4 is 4.90 Å². The van der Waals surface area contributed by atoms with E-state index in [1.165, 1.54) is 0 Å². The van der Waals surface area contributed by atoms with Gasteiger partial charge in [0.1, 0.15) is 0 Å². The number of nitriles is 1. The molecule has 1 aromatic heterocycles. The summed E-state index contributed by atoms with van der Waals surface area (Å²) in [4.78, 5) is 16.6. The van der Waals surface area contributed by atoms with Crippen LogP contribution in [0, 0.1) is 28.4 Å². The van der Waals surface area contributed by atoms with Crippen molar-refractivity contribution in [3.63, 3.8) is 0 Å². The highest BCUT2D eigenvalue weighted by Crippen LogP contribution is 2.31. The number of aryl methyl sites for hydroxylation is 1. The molecule has 0 spiro atoms. The van der Waals surface area contributed by atoms with E-state index in [1.807, 2.05) is 4.90 Å². The van der Waals surface area contributed by atoms with Crippen molar-refractivity contribution in [3.05, 3.63) is 15.9 Å². The van der Waals surface area contributed by atoms with Crippen LogP contribution in [-0.4, -0.2) is 27.6 Å². The highest BCUT2D eigenvalue weighted by Gasteiger charge is 2.30. The molecule has 1 fully saturated rings. The zero-order valence-electron chi connectivity index (χ0n) is 10.3. The maximum absolute atomic E-state index is 11.1. The van der Waals surface area contributed by atoms with Crippen molar-refractivity contribution < 1.29 is 4.92 Å². The Bertz CT molecular complexity index is 496. The van der Waals surface area contributed by atoms with Crippen LogP contribution in [0.3, 0.4) is 0 Å². The molecular weight excluding hydrogens is 234 g/mol. The molecule has 0 aromatic carbocycles. The Balaban J connectivity index is 2.43. The van der Waals surface area contributed by atoms with Crippen LogP contribution in [0.5, 0.6) is 0 Å². The van der Waals surface area contributed by atoms with E-state index < -0.39 is 4.92 Å². The average molecular weight is 249 g/mol. The summed E-state index contributed by atoms with van der Waals surface area (Å²) in [6, 6.07) is 2.06. The molecular formula is C11H15N5O2. The Morgan fingerprint density at radius 1 is 1.50 bits per heavy atom. The second-order valence-corrected chi connectivity index (χ2v) is 4.32. The van der Waals surface area contributed by atoms with E-state index in [0.717, 1.165) is 25.9 Å². The number of anilines is 1. The van der Waals surface area contributed by atoms with E-state index in [0.29, 0.717) is 24.6 Å². The monoisotopic (exact) mass is 249 g/mol. The third kappa shape index (κ3) is 2.14. The molecule has 7 nitrogen and oxygen atoms in total. The molecule has 1 saturated heterocycles. The summed E-state index contributed by atoms with van der Waals surface area (Å²) >= 11 is 0. The minimum absolute atomic E-state index is 0.0904. The molecule has 7 heteroatoms. The van der Waals surface area contributed by atoms with Gasteiger partial charge in [0.25, 0.3) is 0 Å². The summed E-state index contributed by atoms with van der Waals surface area (Å²) in [5.41, 5.74) is 0. The number of nitrogens with zero attached hydrogens (tertiary/aromatic N) is 5. The molecule has 0 N–H and O–H groups in total. The van der Waals surface area contributed by atoms with Gasteiger partial charge in [-0.1, -0.05) is 0 Å².